The van der Waals surface area contributed by atoms with Gasteiger partial charge in [0.15, 0.2) is 0 Å². The van der Waals surface area contributed by atoms with Crippen molar-refractivity contribution >= 4 is 0 Å². The predicted molar refractivity (Wildman–Crippen MR) is 84.9 cm³/mol. The van der Waals surface area contributed by atoms with Crippen molar-refractivity contribution < 1.29 is 18.9 Å². The van der Waals surface area contributed by atoms with Gasteiger partial charge < -0.3 is 18.9 Å². The molecule has 3 rings (SSSR count). The fourth-order valence-electron chi connectivity index (χ4n) is 4.35. The van der Waals surface area contributed by atoms with Crippen LogP contribution < -0.4 is 0 Å². The quantitative estimate of drug-likeness (QED) is 0.690. The second kappa shape index (κ2) is 8.09. The van der Waals surface area contributed by atoms with E-state index in [1.165, 1.54) is 38.5 Å². The molecule has 0 aromatic heterocycles. The van der Waals surface area contributed by atoms with Crippen molar-refractivity contribution in [2.24, 2.45) is 23.7 Å². The zero-order valence-electron chi connectivity index (χ0n) is 14.2. The lowest BCUT2D eigenvalue weighted by atomic mass is 9.74. The van der Waals surface area contributed by atoms with Crippen LogP contribution in [0.15, 0.2) is 0 Å². The van der Waals surface area contributed by atoms with Crippen molar-refractivity contribution in [2.75, 3.05) is 40.6 Å². The minimum Gasteiger partial charge on any atom is -0.381 e. The maximum atomic E-state index is 5.81. The van der Waals surface area contributed by atoms with Gasteiger partial charge in [-0.25, -0.2) is 0 Å². The van der Waals surface area contributed by atoms with Gasteiger partial charge >= 0.3 is 0 Å². The summed E-state index contributed by atoms with van der Waals surface area (Å²) in [4.78, 5) is 0. The van der Waals surface area contributed by atoms with E-state index in [2.05, 4.69) is 0 Å². The van der Waals surface area contributed by atoms with Crippen LogP contribution in [0.1, 0.15) is 38.5 Å². The van der Waals surface area contributed by atoms with E-state index in [0.29, 0.717) is 12.2 Å². The lowest BCUT2D eigenvalue weighted by Gasteiger charge is -2.39. The van der Waals surface area contributed by atoms with Crippen LogP contribution in [-0.4, -0.2) is 52.9 Å². The van der Waals surface area contributed by atoms with Gasteiger partial charge in [0.1, 0.15) is 0 Å². The Morgan fingerprint density at radius 2 is 1.09 bits per heavy atom. The maximum Gasteiger partial charge on any atom is 0.0603 e. The molecule has 2 aliphatic heterocycles. The summed E-state index contributed by atoms with van der Waals surface area (Å²) in [5, 5.41) is 0. The lowest BCUT2D eigenvalue weighted by Crippen LogP contribution is -2.39. The molecule has 0 N–H and O–H groups in total. The van der Waals surface area contributed by atoms with Crippen LogP contribution in [0.5, 0.6) is 0 Å². The number of ether oxygens (including phenoxy) is 4. The molecule has 1 saturated carbocycles. The zero-order valence-corrected chi connectivity index (χ0v) is 14.2. The zero-order chi connectivity index (χ0) is 15.4. The Balaban J connectivity index is 1.43. The second-order valence-electron chi connectivity index (χ2n) is 7.50. The molecule has 0 amide bonds. The highest BCUT2D eigenvalue weighted by Gasteiger charge is 2.35. The van der Waals surface area contributed by atoms with Gasteiger partial charge in [-0.1, -0.05) is 0 Å². The summed E-state index contributed by atoms with van der Waals surface area (Å²) < 4.78 is 22.2. The summed E-state index contributed by atoms with van der Waals surface area (Å²) in [6, 6.07) is 0. The van der Waals surface area contributed by atoms with E-state index in [-0.39, 0.29) is 0 Å². The molecule has 4 nitrogen and oxygen atoms in total. The Morgan fingerprint density at radius 3 is 1.32 bits per heavy atom. The standard InChI is InChI=1S/C18H32O4/c1-19-17(7-13-9-21-10-13)15-3-5-16(6-4-15)18(20-2)8-14-11-22-12-14/h13-18H,3-12H2,1-2H3. The van der Waals surface area contributed by atoms with Crippen molar-refractivity contribution in [3.8, 4) is 0 Å². The van der Waals surface area contributed by atoms with E-state index in [4.69, 9.17) is 18.9 Å². The highest BCUT2D eigenvalue weighted by atomic mass is 16.5. The molecule has 2 heterocycles. The Kier molecular flexibility index (Phi) is 6.14. The number of hydrogen-bond acceptors (Lipinski definition) is 4. The van der Waals surface area contributed by atoms with Gasteiger partial charge in [-0.3, -0.25) is 0 Å². The van der Waals surface area contributed by atoms with Crippen molar-refractivity contribution in [1.29, 1.82) is 0 Å². The highest BCUT2D eigenvalue weighted by Crippen LogP contribution is 2.38. The Bertz CT molecular complexity index is 287. The molecule has 0 aromatic rings. The fraction of sp³-hybridized carbons (Fsp3) is 1.00. The molecule has 4 heteroatoms. The first-order valence-corrected chi connectivity index (χ1v) is 9.01. The number of methoxy groups -OCH3 is 2. The molecule has 2 atom stereocenters. The molecule has 3 fully saturated rings. The molecule has 2 unspecified atom stereocenters. The van der Waals surface area contributed by atoms with E-state index >= 15 is 0 Å². The average molecular weight is 312 g/mol. The highest BCUT2D eigenvalue weighted by molar-refractivity contribution is 4.85. The SMILES string of the molecule is COC(CC1COC1)C1CCC(C(CC2COC2)OC)CC1. The smallest absolute Gasteiger partial charge is 0.0603 e. The largest absolute Gasteiger partial charge is 0.381 e. The third-order valence-corrected chi connectivity index (χ3v) is 6.02. The van der Waals surface area contributed by atoms with Crippen molar-refractivity contribution in [3.05, 3.63) is 0 Å². The van der Waals surface area contributed by atoms with E-state index in [1.807, 2.05) is 14.2 Å². The molecule has 22 heavy (non-hydrogen) atoms. The monoisotopic (exact) mass is 312 g/mol. The molecule has 0 bridgehead atoms. The lowest BCUT2D eigenvalue weighted by molar-refractivity contribution is -0.0843. The van der Waals surface area contributed by atoms with Gasteiger partial charge in [-0.05, 0) is 50.4 Å². The third kappa shape index (κ3) is 4.02. The first-order valence-electron chi connectivity index (χ1n) is 9.01. The molecular formula is C18H32O4. The molecular weight excluding hydrogens is 280 g/mol. The van der Waals surface area contributed by atoms with E-state index in [1.54, 1.807) is 0 Å². The summed E-state index contributed by atoms with van der Waals surface area (Å²) in [6.07, 6.45) is 8.37. The van der Waals surface area contributed by atoms with Gasteiger partial charge in [0.2, 0.25) is 0 Å². The molecule has 3 aliphatic rings. The van der Waals surface area contributed by atoms with Crippen LogP contribution in [0.25, 0.3) is 0 Å². The maximum absolute atomic E-state index is 5.81. The van der Waals surface area contributed by atoms with Gasteiger partial charge in [0.05, 0.1) is 38.6 Å². The van der Waals surface area contributed by atoms with Crippen LogP contribution in [0.4, 0.5) is 0 Å². The molecule has 1 aliphatic carbocycles. The summed E-state index contributed by atoms with van der Waals surface area (Å²) in [7, 11) is 3.76. The van der Waals surface area contributed by atoms with Gasteiger partial charge in [-0.2, -0.15) is 0 Å². The first kappa shape index (κ1) is 16.7. The molecule has 2 saturated heterocycles. The van der Waals surface area contributed by atoms with Gasteiger partial charge in [0.25, 0.3) is 0 Å². The topological polar surface area (TPSA) is 36.9 Å². The summed E-state index contributed by atoms with van der Waals surface area (Å²) >= 11 is 0. The van der Waals surface area contributed by atoms with Gasteiger partial charge in [0, 0.05) is 26.1 Å². The van der Waals surface area contributed by atoms with Crippen LogP contribution in [0, 0.1) is 23.7 Å². The van der Waals surface area contributed by atoms with E-state index in [9.17, 15) is 0 Å². The van der Waals surface area contributed by atoms with E-state index < -0.39 is 0 Å². The summed E-state index contributed by atoms with van der Waals surface area (Å²) in [5.41, 5.74) is 0. The molecule has 0 aromatic carbocycles. The molecule has 128 valence electrons. The van der Waals surface area contributed by atoms with Crippen LogP contribution in [0.2, 0.25) is 0 Å². The average Bonchev–Trinajstić information content (AvgIpc) is 2.46. The van der Waals surface area contributed by atoms with Crippen LogP contribution >= 0.6 is 0 Å². The van der Waals surface area contributed by atoms with Crippen molar-refractivity contribution in [2.45, 2.75) is 50.7 Å². The predicted octanol–water partition coefficient (Wildman–Crippen LogP) is 2.90. The Hall–Kier alpha value is -0.160. The number of hydrogen-bond donors (Lipinski definition) is 0. The first-order chi connectivity index (χ1) is 10.8. The molecule has 0 spiro atoms. The minimum absolute atomic E-state index is 0.427. The normalized spacial score (nSPS) is 33.0. The summed E-state index contributed by atoms with van der Waals surface area (Å²) in [5.74, 6) is 2.92. The van der Waals surface area contributed by atoms with Crippen molar-refractivity contribution in [1.82, 2.24) is 0 Å². The van der Waals surface area contributed by atoms with Crippen molar-refractivity contribution in [3.63, 3.8) is 0 Å². The molecule has 0 radical (unpaired) electrons. The second-order valence-corrected chi connectivity index (χ2v) is 7.50. The minimum atomic E-state index is 0.427. The van der Waals surface area contributed by atoms with E-state index in [0.717, 1.165) is 50.1 Å². The summed E-state index contributed by atoms with van der Waals surface area (Å²) in [6.45, 7) is 3.74. The van der Waals surface area contributed by atoms with Crippen LogP contribution in [-0.2, 0) is 18.9 Å². The fourth-order valence-corrected chi connectivity index (χ4v) is 4.35. The third-order valence-electron chi connectivity index (χ3n) is 6.02. The van der Waals surface area contributed by atoms with Crippen LogP contribution in [0.3, 0.4) is 0 Å². The Morgan fingerprint density at radius 1 is 0.727 bits per heavy atom. The van der Waals surface area contributed by atoms with Gasteiger partial charge in [-0.15, -0.1) is 0 Å². The Labute approximate surface area is 134 Å². The number of rotatable bonds is 8.